The van der Waals surface area contributed by atoms with Gasteiger partial charge in [0.1, 0.15) is 0 Å². The van der Waals surface area contributed by atoms with Gasteiger partial charge in [-0.25, -0.2) is 0 Å². The summed E-state index contributed by atoms with van der Waals surface area (Å²) in [5.41, 5.74) is -1.33. The van der Waals surface area contributed by atoms with Gasteiger partial charge in [0.25, 0.3) is 5.69 Å². The number of benzene rings is 1. The van der Waals surface area contributed by atoms with Gasteiger partial charge in [-0.05, 0) is 13.8 Å². The maximum absolute atomic E-state index is 10.9. The Labute approximate surface area is 116 Å². The number of hydrogen-bond acceptors (Lipinski definition) is 6. The van der Waals surface area contributed by atoms with E-state index in [1.54, 1.807) is 13.8 Å². The number of nitro groups is 1. The summed E-state index contributed by atoms with van der Waals surface area (Å²) in [7, 11) is 1.37. The van der Waals surface area contributed by atoms with Crippen molar-refractivity contribution in [3.8, 4) is 11.5 Å². The first-order valence-electron chi connectivity index (χ1n) is 5.95. The molecular formula is C13H17NO6. The van der Waals surface area contributed by atoms with Crippen LogP contribution in [0.5, 0.6) is 11.5 Å². The van der Waals surface area contributed by atoms with Crippen LogP contribution in [0.3, 0.4) is 0 Å². The molecule has 1 aromatic carbocycles. The van der Waals surface area contributed by atoms with Crippen LogP contribution in [0, 0.1) is 10.1 Å². The normalized spacial score (nSPS) is 11.0. The van der Waals surface area contributed by atoms with Crippen molar-refractivity contribution in [2.75, 3.05) is 13.7 Å². The number of ether oxygens (including phenoxy) is 2. The number of aliphatic hydroxyl groups is 1. The second kappa shape index (κ2) is 6.33. The lowest BCUT2D eigenvalue weighted by molar-refractivity contribution is -0.385. The van der Waals surface area contributed by atoms with E-state index >= 15 is 0 Å². The molecule has 0 aromatic heterocycles. The van der Waals surface area contributed by atoms with Gasteiger partial charge in [-0.15, -0.1) is 0 Å². The highest BCUT2D eigenvalue weighted by Crippen LogP contribution is 2.34. The van der Waals surface area contributed by atoms with Gasteiger partial charge in [0.2, 0.25) is 0 Å². The lowest BCUT2D eigenvalue weighted by Gasteiger charge is -2.18. The largest absolute Gasteiger partial charge is 0.493 e. The first-order valence-corrected chi connectivity index (χ1v) is 5.95. The van der Waals surface area contributed by atoms with Crippen molar-refractivity contribution in [1.82, 2.24) is 0 Å². The number of nitro benzene ring substituents is 1. The summed E-state index contributed by atoms with van der Waals surface area (Å²) >= 11 is 0. The average Bonchev–Trinajstić information content (AvgIpc) is 2.36. The molecular weight excluding hydrogens is 266 g/mol. The van der Waals surface area contributed by atoms with Crippen LogP contribution in [0.2, 0.25) is 0 Å². The summed E-state index contributed by atoms with van der Waals surface area (Å²) < 4.78 is 10.4. The Morgan fingerprint density at radius 2 is 2.05 bits per heavy atom. The van der Waals surface area contributed by atoms with Crippen molar-refractivity contribution in [3.05, 3.63) is 27.8 Å². The van der Waals surface area contributed by atoms with E-state index in [1.807, 2.05) is 0 Å². The minimum Gasteiger partial charge on any atom is -0.493 e. The second-order valence-corrected chi connectivity index (χ2v) is 4.85. The highest BCUT2D eigenvalue weighted by atomic mass is 16.6. The van der Waals surface area contributed by atoms with Crippen LogP contribution >= 0.6 is 0 Å². The molecule has 0 saturated carbocycles. The Hall–Kier alpha value is -2.15. The molecule has 7 heteroatoms. The van der Waals surface area contributed by atoms with Gasteiger partial charge < -0.3 is 14.6 Å². The molecule has 0 radical (unpaired) electrons. The maximum atomic E-state index is 10.9. The van der Waals surface area contributed by atoms with E-state index in [9.17, 15) is 20.0 Å². The van der Waals surface area contributed by atoms with Crippen LogP contribution < -0.4 is 9.47 Å². The predicted octanol–water partition coefficient (Wildman–Crippen LogP) is 1.96. The van der Waals surface area contributed by atoms with Crippen molar-refractivity contribution < 1.29 is 24.3 Å². The van der Waals surface area contributed by atoms with E-state index in [2.05, 4.69) is 0 Å². The summed E-state index contributed by atoms with van der Waals surface area (Å²) in [6.45, 7) is 3.43. The molecule has 1 N–H and O–H groups in total. The Balaban J connectivity index is 3.02. The van der Waals surface area contributed by atoms with Gasteiger partial charge in [0, 0.05) is 12.5 Å². The fraction of sp³-hybridized carbons (Fsp3) is 0.462. The van der Waals surface area contributed by atoms with Crippen molar-refractivity contribution in [1.29, 1.82) is 0 Å². The molecule has 0 aliphatic carbocycles. The maximum Gasteiger partial charge on any atom is 0.283 e. The van der Waals surface area contributed by atoms with E-state index in [-0.39, 0.29) is 29.4 Å². The van der Waals surface area contributed by atoms with Crippen molar-refractivity contribution in [2.45, 2.75) is 25.9 Å². The number of methoxy groups -OCH3 is 1. The zero-order valence-electron chi connectivity index (χ0n) is 11.6. The minimum atomic E-state index is -0.901. The summed E-state index contributed by atoms with van der Waals surface area (Å²) in [5, 5.41) is 20.5. The highest BCUT2D eigenvalue weighted by molar-refractivity contribution is 5.83. The molecule has 0 atom stereocenters. The number of nitrogens with zero attached hydrogens (tertiary/aromatic N) is 1. The Kier molecular flexibility index (Phi) is 5.04. The Morgan fingerprint density at radius 1 is 1.40 bits per heavy atom. The molecule has 1 aromatic rings. The molecule has 20 heavy (non-hydrogen) atoms. The molecule has 0 aliphatic heterocycles. The van der Waals surface area contributed by atoms with Gasteiger partial charge in [-0.1, -0.05) is 0 Å². The molecule has 1 rings (SSSR count). The average molecular weight is 283 g/mol. The third-order valence-corrected chi connectivity index (χ3v) is 2.61. The molecule has 0 fully saturated rings. The van der Waals surface area contributed by atoms with Crippen LogP contribution in [-0.2, 0) is 0 Å². The minimum absolute atomic E-state index is 0.0818. The van der Waals surface area contributed by atoms with Crippen molar-refractivity contribution >= 4 is 12.0 Å². The molecule has 0 aliphatic rings. The van der Waals surface area contributed by atoms with Gasteiger partial charge in [-0.2, -0.15) is 0 Å². The standard InChI is InChI=1S/C13H17NO6/c1-13(2,16)4-5-20-12-7-10(14(17)18)9(8-15)6-11(12)19-3/h6-8,16H,4-5H2,1-3H3. The molecule has 0 heterocycles. The van der Waals surface area contributed by atoms with E-state index in [0.29, 0.717) is 12.7 Å². The number of rotatable bonds is 7. The monoisotopic (exact) mass is 283 g/mol. The topological polar surface area (TPSA) is 98.9 Å². The number of aldehydes is 1. The first-order chi connectivity index (χ1) is 9.28. The number of hydrogen-bond donors (Lipinski definition) is 1. The highest BCUT2D eigenvalue weighted by Gasteiger charge is 2.20. The van der Waals surface area contributed by atoms with E-state index in [1.165, 1.54) is 13.2 Å². The van der Waals surface area contributed by atoms with Crippen LogP contribution in [0.15, 0.2) is 12.1 Å². The quantitative estimate of drug-likeness (QED) is 0.466. The lowest BCUT2D eigenvalue weighted by atomic mass is 10.1. The summed E-state index contributed by atoms with van der Waals surface area (Å²) in [4.78, 5) is 21.0. The van der Waals surface area contributed by atoms with Crippen LogP contribution in [0.1, 0.15) is 30.6 Å². The van der Waals surface area contributed by atoms with Crippen molar-refractivity contribution in [2.24, 2.45) is 0 Å². The third kappa shape index (κ3) is 4.20. The predicted molar refractivity (Wildman–Crippen MR) is 71.4 cm³/mol. The fourth-order valence-corrected chi connectivity index (χ4v) is 1.50. The van der Waals surface area contributed by atoms with E-state index < -0.39 is 10.5 Å². The number of carbonyl (C=O) groups excluding carboxylic acids is 1. The Morgan fingerprint density at radius 3 is 2.50 bits per heavy atom. The molecule has 110 valence electrons. The van der Waals surface area contributed by atoms with Gasteiger partial charge in [0.15, 0.2) is 17.8 Å². The van der Waals surface area contributed by atoms with Gasteiger partial charge >= 0.3 is 0 Å². The zero-order chi connectivity index (χ0) is 15.3. The smallest absolute Gasteiger partial charge is 0.283 e. The molecule has 0 unspecified atom stereocenters. The van der Waals surface area contributed by atoms with Gasteiger partial charge in [0.05, 0.1) is 35.9 Å². The van der Waals surface area contributed by atoms with Crippen LogP contribution in [-0.4, -0.2) is 35.6 Å². The fourth-order valence-electron chi connectivity index (χ4n) is 1.50. The summed E-state index contributed by atoms with van der Waals surface area (Å²) in [6.07, 6.45) is 0.737. The molecule has 0 amide bonds. The van der Waals surface area contributed by atoms with E-state index in [0.717, 1.165) is 6.07 Å². The zero-order valence-corrected chi connectivity index (χ0v) is 11.6. The van der Waals surface area contributed by atoms with Crippen molar-refractivity contribution in [3.63, 3.8) is 0 Å². The third-order valence-electron chi connectivity index (χ3n) is 2.61. The number of carbonyl (C=O) groups is 1. The molecule has 0 spiro atoms. The van der Waals surface area contributed by atoms with Crippen LogP contribution in [0.4, 0.5) is 5.69 Å². The second-order valence-electron chi connectivity index (χ2n) is 4.85. The molecule has 7 nitrogen and oxygen atoms in total. The SMILES string of the molecule is COc1cc(C=O)c([N+](=O)[O-])cc1OCCC(C)(C)O. The van der Waals surface area contributed by atoms with Gasteiger partial charge in [-0.3, -0.25) is 14.9 Å². The van der Waals surface area contributed by atoms with E-state index in [4.69, 9.17) is 9.47 Å². The lowest BCUT2D eigenvalue weighted by Crippen LogP contribution is -2.21. The summed E-state index contributed by atoms with van der Waals surface area (Å²) in [5.74, 6) is 0.391. The Bertz CT molecular complexity index is 506. The molecule has 0 bridgehead atoms. The van der Waals surface area contributed by atoms with Crippen LogP contribution in [0.25, 0.3) is 0 Å². The summed E-state index contributed by atoms with van der Waals surface area (Å²) in [6, 6.07) is 2.40. The molecule has 0 saturated heterocycles. The first kappa shape index (κ1) is 15.9.